The summed E-state index contributed by atoms with van der Waals surface area (Å²) in [4.78, 5) is 12.1. The number of carbonyl (C=O) groups excluding carboxylic acids is 1. The van der Waals surface area contributed by atoms with Crippen LogP contribution >= 0.6 is 0 Å². The van der Waals surface area contributed by atoms with Crippen molar-refractivity contribution in [1.82, 2.24) is 10.6 Å². The Kier molecular flexibility index (Phi) is 3.85. The first-order chi connectivity index (χ1) is 7.77. The monoisotopic (exact) mass is 224 g/mol. The Morgan fingerprint density at radius 1 is 1.44 bits per heavy atom. The number of carbonyl (C=O) groups is 1. The minimum atomic E-state index is 0.00208. The van der Waals surface area contributed by atoms with Gasteiger partial charge in [-0.2, -0.15) is 0 Å². The van der Waals surface area contributed by atoms with Crippen molar-refractivity contribution in [1.29, 1.82) is 0 Å². The molecule has 1 unspecified atom stereocenters. The van der Waals surface area contributed by atoms with Gasteiger partial charge in [0.2, 0.25) is 5.91 Å². The number of nitrogens with one attached hydrogen (secondary N) is 2. The van der Waals surface area contributed by atoms with E-state index in [0.717, 1.165) is 38.9 Å². The molecule has 0 aromatic rings. The second-order valence-corrected chi connectivity index (χ2v) is 5.41. The molecule has 0 bridgehead atoms. The SMILES string of the molecule is CCC1(C(=O)NCC2CCCNC2)CCC1. The zero-order chi connectivity index (χ0) is 11.4. The molecule has 1 saturated carbocycles. The Morgan fingerprint density at radius 3 is 2.75 bits per heavy atom. The van der Waals surface area contributed by atoms with Gasteiger partial charge in [0.25, 0.3) is 0 Å². The van der Waals surface area contributed by atoms with Crippen molar-refractivity contribution in [3.05, 3.63) is 0 Å². The summed E-state index contributed by atoms with van der Waals surface area (Å²) in [7, 11) is 0. The number of amides is 1. The van der Waals surface area contributed by atoms with Crippen LogP contribution in [0.25, 0.3) is 0 Å². The van der Waals surface area contributed by atoms with Crippen molar-refractivity contribution in [2.24, 2.45) is 11.3 Å². The Morgan fingerprint density at radius 2 is 2.25 bits per heavy atom. The van der Waals surface area contributed by atoms with Crippen molar-refractivity contribution < 1.29 is 4.79 Å². The summed E-state index contributed by atoms with van der Waals surface area (Å²) >= 11 is 0. The van der Waals surface area contributed by atoms with Gasteiger partial charge in [0.15, 0.2) is 0 Å². The lowest BCUT2D eigenvalue weighted by atomic mass is 9.66. The van der Waals surface area contributed by atoms with Gasteiger partial charge in [0.05, 0.1) is 0 Å². The Bertz CT molecular complexity index is 237. The van der Waals surface area contributed by atoms with Gasteiger partial charge in [0, 0.05) is 12.0 Å². The van der Waals surface area contributed by atoms with E-state index in [4.69, 9.17) is 0 Å². The third kappa shape index (κ3) is 2.40. The summed E-state index contributed by atoms with van der Waals surface area (Å²) in [6.45, 7) is 5.22. The summed E-state index contributed by atoms with van der Waals surface area (Å²) in [5.74, 6) is 0.957. The van der Waals surface area contributed by atoms with Gasteiger partial charge >= 0.3 is 0 Å². The van der Waals surface area contributed by atoms with Crippen LogP contribution in [0.3, 0.4) is 0 Å². The molecule has 16 heavy (non-hydrogen) atoms. The van der Waals surface area contributed by atoms with E-state index in [2.05, 4.69) is 17.6 Å². The van der Waals surface area contributed by atoms with Gasteiger partial charge in [-0.05, 0) is 51.1 Å². The fraction of sp³-hybridized carbons (Fsp3) is 0.923. The summed E-state index contributed by atoms with van der Waals surface area (Å²) < 4.78 is 0. The van der Waals surface area contributed by atoms with Gasteiger partial charge in [-0.1, -0.05) is 13.3 Å². The lowest BCUT2D eigenvalue weighted by Crippen LogP contribution is -2.47. The van der Waals surface area contributed by atoms with Crippen LogP contribution in [0.1, 0.15) is 45.4 Å². The first kappa shape index (κ1) is 11.9. The average Bonchev–Trinajstić information content (AvgIpc) is 2.27. The molecule has 2 fully saturated rings. The largest absolute Gasteiger partial charge is 0.355 e. The second kappa shape index (κ2) is 5.17. The highest BCUT2D eigenvalue weighted by atomic mass is 16.2. The molecule has 92 valence electrons. The van der Waals surface area contributed by atoms with E-state index in [-0.39, 0.29) is 5.41 Å². The van der Waals surface area contributed by atoms with Gasteiger partial charge in [-0.15, -0.1) is 0 Å². The Hall–Kier alpha value is -0.570. The summed E-state index contributed by atoms with van der Waals surface area (Å²) in [6.07, 6.45) is 6.93. The molecule has 1 atom stereocenters. The van der Waals surface area contributed by atoms with E-state index in [1.807, 2.05) is 0 Å². The van der Waals surface area contributed by atoms with Gasteiger partial charge in [-0.25, -0.2) is 0 Å². The zero-order valence-corrected chi connectivity index (χ0v) is 10.3. The molecule has 0 radical (unpaired) electrons. The van der Waals surface area contributed by atoms with Crippen molar-refractivity contribution in [3.63, 3.8) is 0 Å². The molecule has 1 amide bonds. The van der Waals surface area contributed by atoms with E-state index >= 15 is 0 Å². The summed E-state index contributed by atoms with van der Waals surface area (Å²) in [5.41, 5.74) is 0.00208. The van der Waals surface area contributed by atoms with Gasteiger partial charge in [0.1, 0.15) is 0 Å². The third-order valence-electron chi connectivity index (χ3n) is 4.42. The van der Waals surface area contributed by atoms with Crippen LogP contribution in [-0.4, -0.2) is 25.5 Å². The predicted molar refractivity (Wildman–Crippen MR) is 65.2 cm³/mol. The van der Waals surface area contributed by atoms with Crippen LogP contribution in [0.5, 0.6) is 0 Å². The maximum Gasteiger partial charge on any atom is 0.226 e. The molecule has 1 aliphatic heterocycles. The van der Waals surface area contributed by atoms with Crippen LogP contribution in [0.4, 0.5) is 0 Å². The first-order valence-corrected chi connectivity index (χ1v) is 6.76. The molecule has 2 aliphatic rings. The highest BCUT2D eigenvalue weighted by Gasteiger charge is 2.42. The highest BCUT2D eigenvalue weighted by Crippen LogP contribution is 2.43. The summed E-state index contributed by atoms with van der Waals surface area (Å²) in [6, 6.07) is 0. The van der Waals surface area contributed by atoms with Crippen molar-refractivity contribution in [2.75, 3.05) is 19.6 Å². The number of rotatable bonds is 4. The second-order valence-electron chi connectivity index (χ2n) is 5.41. The smallest absolute Gasteiger partial charge is 0.226 e. The maximum atomic E-state index is 12.1. The van der Waals surface area contributed by atoms with Crippen molar-refractivity contribution in [2.45, 2.75) is 45.4 Å². The standard InChI is InChI=1S/C13H24N2O/c1-2-13(6-4-7-13)12(16)15-10-11-5-3-8-14-9-11/h11,14H,2-10H2,1H3,(H,15,16). The lowest BCUT2D eigenvalue weighted by Gasteiger charge is -2.40. The molecule has 0 spiro atoms. The van der Waals surface area contributed by atoms with Crippen molar-refractivity contribution in [3.8, 4) is 0 Å². The molecular formula is C13H24N2O. The lowest BCUT2D eigenvalue weighted by molar-refractivity contribution is -0.136. The Labute approximate surface area is 98.4 Å². The molecule has 1 heterocycles. The fourth-order valence-corrected chi connectivity index (χ4v) is 2.87. The quantitative estimate of drug-likeness (QED) is 0.763. The molecule has 3 heteroatoms. The van der Waals surface area contributed by atoms with E-state index < -0.39 is 0 Å². The van der Waals surface area contributed by atoms with E-state index in [0.29, 0.717) is 11.8 Å². The highest BCUT2D eigenvalue weighted by molar-refractivity contribution is 5.83. The van der Waals surface area contributed by atoms with Crippen LogP contribution < -0.4 is 10.6 Å². The number of hydrogen-bond acceptors (Lipinski definition) is 2. The van der Waals surface area contributed by atoms with Crippen LogP contribution in [0, 0.1) is 11.3 Å². The molecule has 1 saturated heterocycles. The maximum absolute atomic E-state index is 12.1. The minimum Gasteiger partial charge on any atom is -0.355 e. The molecule has 2 N–H and O–H groups in total. The van der Waals surface area contributed by atoms with Gasteiger partial charge in [-0.3, -0.25) is 4.79 Å². The van der Waals surface area contributed by atoms with Crippen LogP contribution in [0.15, 0.2) is 0 Å². The Balaban J connectivity index is 1.74. The van der Waals surface area contributed by atoms with E-state index in [1.54, 1.807) is 0 Å². The zero-order valence-electron chi connectivity index (χ0n) is 10.3. The summed E-state index contributed by atoms with van der Waals surface area (Å²) in [5, 5.41) is 6.56. The number of hydrogen-bond donors (Lipinski definition) is 2. The third-order valence-corrected chi connectivity index (χ3v) is 4.42. The molecule has 0 aromatic heterocycles. The normalized spacial score (nSPS) is 28.2. The van der Waals surface area contributed by atoms with Crippen LogP contribution in [0.2, 0.25) is 0 Å². The van der Waals surface area contributed by atoms with Crippen LogP contribution in [-0.2, 0) is 4.79 Å². The number of piperidine rings is 1. The predicted octanol–water partition coefficient (Wildman–Crippen LogP) is 1.68. The topological polar surface area (TPSA) is 41.1 Å². The minimum absolute atomic E-state index is 0.00208. The van der Waals surface area contributed by atoms with Gasteiger partial charge < -0.3 is 10.6 Å². The van der Waals surface area contributed by atoms with Crippen molar-refractivity contribution >= 4 is 5.91 Å². The van der Waals surface area contributed by atoms with E-state index in [1.165, 1.54) is 19.3 Å². The molecule has 2 rings (SSSR count). The average molecular weight is 224 g/mol. The van der Waals surface area contributed by atoms with E-state index in [9.17, 15) is 4.79 Å². The molecular weight excluding hydrogens is 200 g/mol. The first-order valence-electron chi connectivity index (χ1n) is 6.76. The molecule has 1 aliphatic carbocycles. The fourth-order valence-electron chi connectivity index (χ4n) is 2.87. The molecule has 3 nitrogen and oxygen atoms in total. The molecule has 0 aromatic carbocycles.